The molecular weight excluding hydrogens is 134 g/mol. The van der Waals surface area contributed by atoms with E-state index in [2.05, 4.69) is 19.9 Å². The first-order valence-electron chi connectivity index (χ1n) is 4.56. The third-order valence-electron chi connectivity index (χ3n) is 3.30. The van der Waals surface area contributed by atoms with E-state index >= 15 is 0 Å². The number of rotatable bonds is 0. The summed E-state index contributed by atoms with van der Waals surface area (Å²) in [5.74, 6) is 0.782. The molecule has 2 aliphatic rings. The monoisotopic (exact) mass is 151 g/mol. The average Bonchev–Trinajstić information content (AvgIpc) is 2.29. The van der Waals surface area contributed by atoms with E-state index in [1.807, 2.05) is 0 Å². The van der Waals surface area contributed by atoms with Crippen LogP contribution < -0.4 is 5.73 Å². The second kappa shape index (κ2) is 2.10. The molecular formula is C10H17N. The van der Waals surface area contributed by atoms with E-state index in [4.69, 9.17) is 5.73 Å². The molecule has 0 amide bonds. The van der Waals surface area contributed by atoms with Gasteiger partial charge in [-0.2, -0.15) is 0 Å². The normalized spacial score (nSPS) is 40.5. The molecule has 2 rings (SSSR count). The Bertz CT molecular complexity index is 203. The first-order valence-corrected chi connectivity index (χ1v) is 4.56. The number of hydrogen-bond acceptors (Lipinski definition) is 1. The van der Waals surface area contributed by atoms with Crippen molar-refractivity contribution in [1.29, 1.82) is 0 Å². The van der Waals surface area contributed by atoms with Crippen LogP contribution in [-0.4, -0.2) is 6.04 Å². The molecule has 11 heavy (non-hydrogen) atoms. The molecule has 0 heterocycles. The van der Waals surface area contributed by atoms with Gasteiger partial charge in [-0.3, -0.25) is 0 Å². The van der Waals surface area contributed by atoms with Crippen molar-refractivity contribution in [2.45, 2.75) is 39.2 Å². The molecule has 2 aliphatic carbocycles. The Morgan fingerprint density at radius 2 is 2.27 bits per heavy atom. The number of fused-ring (bicyclic) bond motifs is 2. The summed E-state index contributed by atoms with van der Waals surface area (Å²) in [6.07, 6.45) is 6.32. The van der Waals surface area contributed by atoms with Gasteiger partial charge in [-0.1, -0.05) is 25.5 Å². The SMILES string of the molecule is CC1(C)C=C2CCC(C2)[C@H]1N. The largest absolute Gasteiger partial charge is 0.327 e. The minimum atomic E-state index is 0.259. The second-order valence-corrected chi connectivity index (χ2v) is 4.65. The first kappa shape index (κ1) is 7.35. The van der Waals surface area contributed by atoms with Gasteiger partial charge in [0.2, 0.25) is 0 Å². The summed E-state index contributed by atoms with van der Waals surface area (Å²) in [6.45, 7) is 4.52. The van der Waals surface area contributed by atoms with Gasteiger partial charge < -0.3 is 5.73 Å². The quantitative estimate of drug-likeness (QED) is 0.527. The zero-order chi connectivity index (χ0) is 8.06. The summed E-state index contributed by atoms with van der Waals surface area (Å²) < 4.78 is 0. The van der Waals surface area contributed by atoms with Gasteiger partial charge in [-0.05, 0) is 30.6 Å². The van der Waals surface area contributed by atoms with Crippen LogP contribution in [0.3, 0.4) is 0 Å². The molecule has 2 bridgehead atoms. The minimum absolute atomic E-state index is 0.259. The summed E-state index contributed by atoms with van der Waals surface area (Å²) >= 11 is 0. The fraction of sp³-hybridized carbons (Fsp3) is 0.800. The lowest BCUT2D eigenvalue weighted by atomic mass is 9.73. The van der Waals surface area contributed by atoms with Crippen molar-refractivity contribution in [3.63, 3.8) is 0 Å². The van der Waals surface area contributed by atoms with Crippen LogP contribution in [-0.2, 0) is 0 Å². The molecule has 1 saturated carbocycles. The van der Waals surface area contributed by atoms with Crippen LogP contribution in [0, 0.1) is 11.3 Å². The Kier molecular flexibility index (Phi) is 1.40. The molecule has 2 N–H and O–H groups in total. The van der Waals surface area contributed by atoms with Crippen LogP contribution in [0.25, 0.3) is 0 Å². The highest BCUT2D eigenvalue weighted by molar-refractivity contribution is 5.21. The van der Waals surface area contributed by atoms with Crippen molar-refractivity contribution >= 4 is 0 Å². The predicted octanol–water partition coefficient (Wildman–Crippen LogP) is 2.08. The molecule has 0 aromatic rings. The topological polar surface area (TPSA) is 26.0 Å². The molecule has 2 atom stereocenters. The van der Waals surface area contributed by atoms with Crippen LogP contribution in [0.5, 0.6) is 0 Å². The van der Waals surface area contributed by atoms with Crippen LogP contribution in [0.2, 0.25) is 0 Å². The highest BCUT2D eigenvalue weighted by Crippen LogP contribution is 2.44. The Morgan fingerprint density at radius 3 is 3.00 bits per heavy atom. The van der Waals surface area contributed by atoms with E-state index in [0.29, 0.717) is 6.04 Å². The minimum Gasteiger partial charge on any atom is -0.327 e. The highest BCUT2D eigenvalue weighted by Gasteiger charge is 2.38. The summed E-state index contributed by atoms with van der Waals surface area (Å²) in [6, 6.07) is 0.397. The molecule has 1 nitrogen and oxygen atoms in total. The molecule has 0 aromatic carbocycles. The molecule has 0 saturated heterocycles. The van der Waals surface area contributed by atoms with Gasteiger partial charge >= 0.3 is 0 Å². The van der Waals surface area contributed by atoms with E-state index in [9.17, 15) is 0 Å². The number of hydrogen-bond donors (Lipinski definition) is 1. The van der Waals surface area contributed by atoms with E-state index in [1.54, 1.807) is 5.57 Å². The van der Waals surface area contributed by atoms with Crippen molar-refractivity contribution < 1.29 is 0 Å². The van der Waals surface area contributed by atoms with Crippen molar-refractivity contribution in [2.24, 2.45) is 17.1 Å². The van der Waals surface area contributed by atoms with E-state index in [0.717, 1.165) is 5.92 Å². The van der Waals surface area contributed by atoms with Crippen LogP contribution in [0.1, 0.15) is 33.1 Å². The van der Waals surface area contributed by atoms with Gasteiger partial charge in [0.15, 0.2) is 0 Å². The fourth-order valence-electron chi connectivity index (χ4n) is 2.58. The zero-order valence-electron chi connectivity index (χ0n) is 7.43. The second-order valence-electron chi connectivity index (χ2n) is 4.65. The van der Waals surface area contributed by atoms with E-state index in [1.165, 1.54) is 19.3 Å². The lowest BCUT2D eigenvalue weighted by Crippen LogP contribution is -2.43. The Morgan fingerprint density at radius 1 is 1.55 bits per heavy atom. The van der Waals surface area contributed by atoms with Crippen molar-refractivity contribution in [3.8, 4) is 0 Å². The molecule has 0 aromatic heterocycles. The summed E-state index contributed by atoms with van der Waals surface area (Å²) in [5, 5.41) is 0. The zero-order valence-corrected chi connectivity index (χ0v) is 7.43. The van der Waals surface area contributed by atoms with Crippen molar-refractivity contribution in [1.82, 2.24) is 0 Å². The molecule has 1 unspecified atom stereocenters. The highest BCUT2D eigenvalue weighted by atomic mass is 14.7. The summed E-state index contributed by atoms with van der Waals surface area (Å²) in [5.41, 5.74) is 8.06. The number of allylic oxidation sites excluding steroid dienone is 1. The standard InChI is InChI=1S/C10H17N/c1-10(2)6-7-3-4-8(5-7)9(10)11/h6,8-9H,3-5,11H2,1-2H3/t8?,9-/m1/s1. The first-order chi connectivity index (χ1) is 5.09. The van der Waals surface area contributed by atoms with Gasteiger partial charge in [0.05, 0.1) is 0 Å². The molecule has 1 fully saturated rings. The lowest BCUT2D eigenvalue weighted by molar-refractivity contribution is 0.265. The molecule has 62 valence electrons. The Hall–Kier alpha value is -0.300. The Balaban J connectivity index is 2.34. The maximum absolute atomic E-state index is 6.15. The van der Waals surface area contributed by atoms with Crippen LogP contribution in [0.15, 0.2) is 11.6 Å². The van der Waals surface area contributed by atoms with Crippen LogP contribution in [0.4, 0.5) is 0 Å². The van der Waals surface area contributed by atoms with E-state index < -0.39 is 0 Å². The lowest BCUT2D eigenvalue weighted by Gasteiger charge is -2.36. The maximum atomic E-state index is 6.15. The summed E-state index contributed by atoms with van der Waals surface area (Å²) in [4.78, 5) is 0. The van der Waals surface area contributed by atoms with Crippen LogP contribution >= 0.6 is 0 Å². The van der Waals surface area contributed by atoms with Gasteiger partial charge in [0.25, 0.3) is 0 Å². The molecule has 0 radical (unpaired) electrons. The number of nitrogens with two attached hydrogens (primary N) is 1. The van der Waals surface area contributed by atoms with Gasteiger partial charge in [0, 0.05) is 6.04 Å². The average molecular weight is 151 g/mol. The predicted molar refractivity (Wildman–Crippen MR) is 47.2 cm³/mol. The van der Waals surface area contributed by atoms with E-state index in [-0.39, 0.29) is 5.41 Å². The molecule has 0 aliphatic heterocycles. The summed E-state index contributed by atoms with van der Waals surface area (Å²) in [7, 11) is 0. The Labute approximate surface area is 68.7 Å². The van der Waals surface area contributed by atoms with Gasteiger partial charge in [0.1, 0.15) is 0 Å². The molecule has 1 heteroatoms. The smallest absolute Gasteiger partial charge is 0.0157 e. The maximum Gasteiger partial charge on any atom is 0.0157 e. The third-order valence-corrected chi connectivity index (χ3v) is 3.30. The van der Waals surface area contributed by atoms with Crippen molar-refractivity contribution in [2.75, 3.05) is 0 Å². The van der Waals surface area contributed by atoms with Gasteiger partial charge in [-0.15, -0.1) is 0 Å². The van der Waals surface area contributed by atoms with Crippen molar-refractivity contribution in [3.05, 3.63) is 11.6 Å². The third kappa shape index (κ3) is 1.02. The van der Waals surface area contributed by atoms with Gasteiger partial charge in [-0.25, -0.2) is 0 Å². The fourth-order valence-corrected chi connectivity index (χ4v) is 2.58. The molecule has 0 spiro atoms.